The molecule has 0 aliphatic carbocycles. The van der Waals surface area contributed by atoms with E-state index in [0.29, 0.717) is 0 Å². The Labute approximate surface area is 68.0 Å². The summed E-state index contributed by atoms with van der Waals surface area (Å²) in [5.74, 6) is 0. The maximum atomic E-state index is 8.94. The van der Waals surface area contributed by atoms with E-state index < -0.39 is 0 Å². The predicted molar refractivity (Wildman–Crippen MR) is 48.3 cm³/mol. The van der Waals surface area contributed by atoms with Crippen molar-refractivity contribution in [2.24, 2.45) is 0 Å². The Morgan fingerprint density at radius 3 is 2.73 bits per heavy atom. The van der Waals surface area contributed by atoms with E-state index in [9.17, 15) is 0 Å². The third kappa shape index (κ3) is 1.66. The second-order valence-electron chi connectivity index (χ2n) is 2.66. The summed E-state index contributed by atoms with van der Waals surface area (Å²) in [6.07, 6.45) is 1.98. The lowest BCUT2D eigenvalue weighted by Crippen LogP contribution is -1.88. The fraction of sp³-hybridized carbons (Fsp3) is 0.500. The zero-order valence-electron chi connectivity index (χ0n) is 7.15. The largest absolute Gasteiger partial charge is 0.392 e. The van der Waals surface area contributed by atoms with Crippen LogP contribution >= 0.6 is 0 Å². The number of rotatable bonds is 3. The average molecular weight is 151 g/mol. The van der Waals surface area contributed by atoms with Gasteiger partial charge >= 0.3 is 0 Å². The van der Waals surface area contributed by atoms with E-state index in [1.807, 2.05) is 6.07 Å². The first-order valence-corrected chi connectivity index (χ1v) is 4.12. The van der Waals surface area contributed by atoms with Crippen molar-refractivity contribution < 1.29 is 5.11 Å². The minimum atomic E-state index is 0.152. The Kier molecular flexibility index (Phi) is 2.77. The van der Waals surface area contributed by atoms with Gasteiger partial charge in [0, 0.05) is 11.4 Å². The molecule has 1 rings (SSSR count). The van der Waals surface area contributed by atoms with Gasteiger partial charge in [0.25, 0.3) is 0 Å². The zero-order valence-corrected chi connectivity index (χ0v) is 7.15. The summed E-state index contributed by atoms with van der Waals surface area (Å²) in [6, 6.07) is 2.04. The van der Waals surface area contributed by atoms with Gasteiger partial charge in [-0.15, -0.1) is 0 Å². The van der Waals surface area contributed by atoms with Gasteiger partial charge in [0.1, 0.15) is 7.85 Å². The van der Waals surface area contributed by atoms with Crippen molar-refractivity contribution in [3.8, 4) is 0 Å². The monoisotopic (exact) mass is 151 g/mol. The van der Waals surface area contributed by atoms with Crippen LogP contribution in [0.25, 0.3) is 0 Å². The summed E-state index contributed by atoms with van der Waals surface area (Å²) >= 11 is 0. The fourth-order valence-electron chi connectivity index (χ4n) is 1.25. The molecule has 0 saturated heterocycles. The molecule has 0 atom stereocenters. The molecule has 0 radical (unpaired) electrons. The minimum absolute atomic E-state index is 0.152. The standard InChI is InChI=1S/C8H14BNO/c1-2-8-6(5-11)3-7(4-9)10-8/h3,10-11H,2,4-5,9H2,1H3. The highest BCUT2D eigenvalue weighted by Gasteiger charge is 2.02. The molecule has 0 fully saturated rings. The van der Waals surface area contributed by atoms with Crippen LogP contribution < -0.4 is 0 Å². The molecule has 0 amide bonds. The maximum absolute atomic E-state index is 8.94. The number of H-pyrrole nitrogens is 1. The van der Waals surface area contributed by atoms with Gasteiger partial charge in [-0.2, -0.15) is 0 Å². The molecule has 0 aliphatic heterocycles. The summed E-state index contributed by atoms with van der Waals surface area (Å²) in [5.41, 5.74) is 3.43. The summed E-state index contributed by atoms with van der Waals surface area (Å²) in [5, 5.41) is 8.94. The van der Waals surface area contributed by atoms with Crippen molar-refractivity contribution in [3.63, 3.8) is 0 Å². The molecule has 2 N–H and O–H groups in total. The molecule has 0 bridgehead atoms. The Morgan fingerprint density at radius 2 is 2.36 bits per heavy atom. The van der Waals surface area contributed by atoms with Crippen LogP contribution in [0.15, 0.2) is 6.07 Å². The van der Waals surface area contributed by atoms with Crippen LogP contribution in [0.4, 0.5) is 0 Å². The van der Waals surface area contributed by atoms with E-state index in [2.05, 4.69) is 19.8 Å². The highest BCUT2D eigenvalue weighted by Crippen LogP contribution is 2.11. The number of nitrogens with one attached hydrogen (secondary N) is 1. The van der Waals surface area contributed by atoms with Crippen LogP contribution in [0.5, 0.6) is 0 Å². The van der Waals surface area contributed by atoms with Crippen LogP contribution in [0.2, 0.25) is 0 Å². The van der Waals surface area contributed by atoms with Gasteiger partial charge in [-0.3, -0.25) is 0 Å². The van der Waals surface area contributed by atoms with Gasteiger partial charge in [0.2, 0.25) is 0 Å². The van der Waals surface area contributed by atoms with Gasteiger partial charge in [-0.25, -0.2) is 0 Å². The average Bonchev–Trinajstić information content (AvgIpc) is 2.46. The lowest BCUT2D eigenvalue weighted by atomic mass is 10.0. The van der Waals surface area contributed by atoms with E-state index in [1.54, 1.807) is 0 Å². The third-order valence-electron chi connectivity index (χ3n) is 1.95. The lowest BCUT2D eigenvalue weighted by Gasteiger charge is -1.93. The van der Waals surface area contributed by atoms with Crippen LogP contribution in [0.1, 0.15) is 23.9 Å². The third-order valence-corrected chi connectivity index (χ3v) is 1.95. The van der Waals surface area contributed by atoms with Crippen molar-refractivity contribution in [3.05, 3.63) is 23.0 Å². The smallest absolute Gasteiger partial charge is 0.108 e. The van der Waals surface area contributed by atoms with Crippen molar-refractivity contribution in [1.29, 1.82) is 0 Å². The van der Waals surface area contributed by atoms with E-state index in [-0.39, 0.29) is 6.61 Å². The molecule has 3 heteroatoms. The highest BCUT2D eigenvalue weighted by molar-refractivity contribution is 6.08. The van der Waals surface area contributed by atoms with E-state index in [4.69, 9.17) is 5.11 Å². The van der Waals surface area contributed by atoms with Gasteiger partial charge < -0.3 is 10.1 Å². The van der Waals surface area contributed by atoms with Gasteiger partial charge in [0.05, 0.1) is 6.61 Å². The first-order chi connectivity index (χ1) is 5.31. The van der Waals surface area contributed by atoms with Gasteiger partial charge in [0.15, 0.2) is 0 Å². The molecule has 0 aliphatic rings. The number of aromatic nitrogens is 1. The minimum Gasteiger partial charge on any atom is -0.392 e. The molecule has 60 valence electrons. The van der Waals surface area contributed by atoms with Gasteiger partial charge in [-0.1, -0.05) is 6.92 Å². The Hall–Kier alpha value is -0.695. The first kappa shape index (κ1) is 8.40. The quantitative estimate of drug-likeness (QED) is 0.595. The molecule has 1 aromatic rings. The number of hydrogen-bond acceptors (Lipinski definition) is 1. The molecular formula is C8H14BNO. The van der Waals surface area contributed by atoms with E-state index in [0.717, 1.165) is 18.3 Å². The number of aromatic amines is 1. The lowest BCUT2D eigenvalue weighted by molar-refractivity contribution is 0.281. The predicted octanol–water partition coefficient (Wildman–Crippen LogP) is 0.202. The van der Waals surface area contributed by atoms with Crippen LogP contribution in [-0.4, -0.2) is 17.9 Å². The van der Waals surface area contributed by atoms with E-state index >= 15 is 0 Å². The molecule has 1 aromatic heterocycles. The number of hydrogen-bond donors (Lipinski definition) is 2. The van der Waals surface area contributed by atoms with Crippen molar-refractivity contribution in [2.45, 2.75) is 26.3 Å². The zero-order chi connectivity index (χ0) is 8.27. The van der Waals surface area contributed by atoms with Crippen LogP contribution in [-0.2, 0) is 19.3 Å². The van der Waals surface area contributed by atoms with Crippen molar-refractivity contribution in [2.75, 3.05) is 0 Å². The van der Waals surface area contributed by atoms with Crippen LogP contribution in [0.3, 0.4) is 0 Å². The molecule has 0 saturated carbocycles. The fourth-order valence-corrected chi connectivity index (χ4v) is 1.25. The SMILES string of the molecule is BCc1cc(CO)c(CC)[nH]1. The molecular weight excluding hydrogens is 137 g/mol. The molecule has 0 spiro atoms. The molecule has 11 heavy (non-hydrogen) atoms. The maximum Gasteiger partial charge on any atom is 0.108 e. The molecule has 0 unspecified atom stereocenters. The Morgan fingerprint density at radius 1 is 1.64 bits per heavy atom. The molecule has 2 nitrogen and oxygen atoms in total. The van der Waals surface area contributed by atoms with Gasteiger partial charge in [-0.05, 0) is 24.4 Å². The van der Waals surface area contributed by atoms with Crippen molar-refractivity contribution >= 4 is 7.85 Å². The topological polar surface area (TPSA) is 36.0 Å². The summed E-state index contributed by atoms with van der Waals surface area (Å²) in [6.45, 7) is 2.24. The first-order valence-electron chi connectivity index (χ1n) is 4.12. The van der Waals surface area contributed by atoms with Crippen LogP contribution in [0, 0.1) is 0 Å². The molecule has 0 aromatic carbocycles. The normalized spacial score (nSPS) is 10.4. The second-order valence-corrected chi connectivity index (χ2v) is 2.66. The number of aliphatic hydroxyl groups is 1. The summed E-state index contributed by atoms with van der Waals surface area (Å²) in [4.78, 5) is 3.27. The highest BCUT2D eigenvalue weighted by atomic mass is 16.3. The van der Waals surface area contributed by atoms with Crippen molar-refractivity contribution in [1.82, 2.24) is 4.98 Å². The summed E-state index contributed by atoms with van der Waals surface area (Å²) < 4.78 is 0. The Balaban J connectivity index is 2.92. The molecule has 1 heterocycles. The number of aliphatic hydroxyl groups excluding tert-OH is 1. The van der Waals surface area contributed by atoms with E-state index in [1.165, 1.54) is 11.4 Å². The summed E-state index contributed by atoms with van der Waals surface area (Å²) in [7, 11) is 2.10. The Bertz CT molecular complexity index is 210. The number of aryl methyl sites for hydroxylation is 1. The second kappa shape index (κ2) is 3.63.